The van der Waals surface area contributed by atoms with Gasteiger partial charge in [-0.2, -0.15) is 0 Å². The maximum Gasteiger partial charge on any atom is 0.0596 e. The van der Waals surface area contributed by atoms with Gasteiger partial charge in [-0.1, -0.05) is 31.2 Å². The van der Waals surface area contributed by atoms with E-state index in [0.29, 0.717) is 6.10 Å². The van der Waals surface area contributed by atoms with Crippen molar-refractivity contribution in [2.45, 2.75) is 39.8 Å². The molecule has 3 nitrogen and oxygen atoms in total. The average Bonchev–Trinajstić information content (AvgIpc) is 2.40. The fourth-order valence-corrected chi connectivity index (χ4v) is 2.17. The zero-order valence-corrected chi connectivity index (χ0v) is 13.5. The van der Waals surface area contributed by atoms with E-state index in [1.807, 2.05) is 0 Å². The standard InChI is InChI=1S/C17H30N2O/c1-5-18-11-10-16-8-6-7-9-17(16)14-19(4)12-13-20-15(2)3/h6-9,15,18H,5,10-14H2,1-4H3. The van der Waals surface area contributed by atoms with Gasteiger partial charge in [0.2, 0.25) is 0 Å². The van der Waals surface area contributed by atoms with Crippen molar-refractivity contribution in [1.29, 1.82) is 0 Å². The normalized spacial score (nSPS) is 11.5. The topological polar surface area (TPSA) is 24.5 Å². The summed E-state index contributed by atoms with van der Waals surface area (Å²) in [4.78, 5) is 2.33. The van der Waals surface area contributed by atoms with Crippen molar-refractivity contribution in [2.24, 2.45) is 0 Å². The molecule has 0 aliphatic rings. The first-order valence-electron chi connectivity index (χ1n) is 7.71. The molecule has 0 saturated carbocycles. The second-order valence-corrected chi connectivity index (χ2v) is 5.53. The summed E-state index contributed by atoms with van der Waals surface area (Å²) in [6.07, 6.45) is 1.41. The lowest BCUT2D eigenvalue weighted by molar-refractivity contribution is 0.0626. The molecule has 1 aromatic rings. The van der Waals surface area contributed by atoms with Crippen molar-refractivity contribution >= 4 is 0 Å². The fourth-order valence-electron chi connectivity index (χ4n) is 2.17. The lowest BCUT2D eigenvalue weighted by Crippen LogP contribution is -2.25. The van der Waals surface area contributed by atoms with Crippen LogP contribution in [0.5, 0.6) is 0 Å². The van der Waals surface area contributed by atoms with E-state index in [-0.39, 0.29) is 0 Å². The van der Waals surface area contributed by atoms with Crippen LogP contribution >= 0.6 is 0 Å². The maximum atomic E-state index is 5.61. The van der Waals surface area contributed by atoms with Gasteiger partial charge in [-0.15, -0.1) is 0 Å². The molecule has 0 aliphatic carbocycles. The SMILES string of the molecule is CCNCCc1ccccc1CN(C)CCOC(C)C. The van der Waals surface area contributed by atoms with Gasteiger partial charge < -0.3 is 10.1 Å². The van der Waals surface area contributed by atoms with Crippen LogP contribution in [-0.2, 0) is 17.7 Å². The van der Waals surface area contributed by atoms with E-state index >= 15 is 0 Å². The largest absolute Gasteiger partial charge is 0.377 e. The van der Waals surface area contributed by atoms with Crippen LogP contribution in [-0.4, -0.2) is 44.3 Å². The van der Waals surface area contributed by atoms with Crippen molar-refractivity contribution in [3.05, 3.63) is 35.4 Å². The maximum absolute atomic E-state index is 5.61. The summed E-state index contributed by atoms with van der Waals surface area (Å²) in [7, 11) is 2.16. The lowest BCUT2D eigenvalue weighted by Gasteiger charge is -2.19. The van der Waals surface area contributed by atoms with Crippen molar-refractivity contribution < 1.29 is 4.74 Å². The summed E-state index contributed by atoms with van der Waals surface area (Å²) < 4.78 is 5.61. The van der Waals surface area contributed by atoms with Crippen LogP contribution in [0.3, 0.4) is 0 Å². The smallest absolute Gasteiger partial charge is 0.0596 e. The van der Waals surface area contributed by atoms with Gasteiger partial charge in [0.15, 0.2) is 0 Å². The summed E-state index contributed by atoms with van der Waals surface area (Å²) in [6, 6.07) is 8.74. The number of benzene rings is 1. The Hall–Kier alpha value is -0.900. The molecular formula is C17H30N2O. The van der Waals surface area contributed by atoms with E-state index < -0.39 is 0 Å². The summed E-state index contributed by atoms with van der Waals surface area (Å²) in [5.41, 5.74) is 2.88. The quantitative estimate of drug-likeness (QED) is 0.666. The van der Waals surface area contributed by atoms with Crippen LogP contribution in [0.4, 0.5) is 0 Å². The molecule has 1 N–H and O–H groups in total. The number of likely N-dealkylation sites (N-methyl/N-ethyl adjacent to an activating group) is 2. The summed E-state index contributed by atoms with van der Waals surface area (Å²) >= 11 is 0. The zero-order chi connectivity index (χ0) is 14.8. The fraction of sp³-hybridized carbons (Fsp3) is 0.647. The van der Waals surface area contributed by atoms with E-state index in [4.69, 9.17) is 4.74 Å². The minimum atomic E-state index is 0.316. The van der Waals surface area contributed by atoms with E-state index in [0.717, 1.165) is 39.2 Å². The van der Waals surface area contributed by atoms with Gasteiger partial charge in [0.05, 0.1) is 12.7 Å². The van der Waals surface area contributed by atoms with Gasteiger partial charge in [0.1, 0.15) is 0 Å². The van der Waals surface area contributed by atoms with Gasteiger partial charge in [0, 0.05) is 13.1 Å². The molecule has 0 atom stereocenters. The van der Waals surface area contributed by atoms with Gasteiger partial charge in [0.25, 0.3) is 0 Å². The molecule has 0 heterocycles. The third-order valence-corrected chi connectivity index (χ3v) is 3.30. The highest BCUT2D eigenvalue weighted by Gasteiger charge is 2.05. The highest BCUT2D eigenvalue weighted by atomic mass is 16.5. The highest BCUT2D eigenvalue weighted by Crippen LogP contribution is 2.11. The Bertz CT molecular complexity index is 366. The Morgan fingerprint density at radius 2 is 1.90 bits per heavy atom. The number of ether oxygens (including phenoxy) is 1. The van der Waals surface area contributed by atoms with Crippen molar-refractivity contribution in [2.75, 3.05) is 33.3 Å². The number of rotatable bonds is 10. The van der Waals surface area contributed by atoms with E-state index in [1.165, 1.54) is 11.1 Å². The van der Waals surface area contributed by atoms with Crippen LogP contribution in [0, 0.1) is 0 Å². The van der Waals surface area contributed by atoms with Crippen LogP contribution in [0.1, 0.15) is 31.9 Å². The number of hydrogen-bond acceptors (Lipinski definition) is 3. The van der Waals surface area contributed by atoms with Crippen LogP contribution in [0.15, 0.2) is 24.3 Å². The number of hydrogen-bond donors (Lipinski definition) is 1. The molecule has 114 valence electrons. The molecule has 0 amide bonds. The Morgan fingerprint density at radius 3 is 2.55 bits per heavy atom. The molecular weight excluding hydrogens is 248 g/mol. The molecule has 3 heteroatoms. The average molecular weight is 278 g/mol. The van der Waals surface area contributed by atoms with Crippen LogP contribution < -0.4 is 5.32 Å². The Kier molecular flexibility index (Phi) is 8.51. The summed E-state index contributed by atoms with van der Waals surface area (Å²) in [6.45, 7) is 11.2. The minimum absolute atomic E-state index is 0.316. The molecule has 0 bridgehead atoms. The molecule has 0 radical (unpaired) electrons. The van der Waals surface area contributed by atoms with Gasteiger partial charge in [-0.25, -0.2) is 0 Å². The molecule has 0 aromatic heterocycles. The monoisotopic (exact) mass is 278 g/mol. The molecule has 0 aliphatic heterocycles. The molecule has 1 rings (SSSR count). The predicted octanol–water partition coefficient (Wildman–Crippen LogP) is 2.70. The zero-order valence-electron chi connectivity index (χ0n) is 13.5. The lowest BCUT2D eigenvalue weighted by atomic mass is 10.0. The Balaban J connectivity index is 2.44. The first-order chi connectivity index (χ1) is 9.63. The predicted molar refractivity (Wildman–Crippen MR) is 86.1 cm³/mol. The summed E-state index contributed by atoms with van der Waals surface area (Å²) in [5, 5.41) is 3.39. The molecule has 0 unspecified atom stereocenters. The molecule has 20 heavy (non-hydrogen) atoms. The van der Waals surface area contributed by atoms with E-state index in [9.17, 15) is 0 Å². The number of nitrogens with zero attached hydrogens (tertiary/aromatic N) is 1. The van der Waals surface area contributed by atoms with Gasteiger partial charge in [-0.3, -0.25) is 4.90 Å². The Labute approximate surface area is 124 Å². The highest BCUT2D eigenvalue weighted by molar-refractivity contribution is 5.27. The molecule has 0 fully saturated rings. The van der Waals surface area contributed by atoms with Gasteiger partial charge in [-0.05, 0) is 51.5 Å². The Morgan fingerprint density at radius 1 is 1.20 bits per heavy atom. The van der Waals surface area contributed by atoms with E-state index in [2.05, 4.69) is 62.3 Å². The minimum Gasteiger partial charge on any atom is -0.377 e. The van der Waals surface area contributed by atoms with Crippen LogP contribution in [0.25, 0.3) is 0 Å². The molecule has 0 saturated heterocycles. The van der Waals surface area contributed by atoms with Gasteiger partial charge >= 0.3 is 0 Å². The molecule has 0 spiro atoms. The van der Waals surface area contributed by atoms with Crippen molar-refractivity contribution in [3.63, 3.8) is 0 Å². The summed E-state index contributed by atoms with van der Waals surface area (Å²) in [5.74, 6) is 0. The second-order valence-electron chi connectivity index (χ2n) is 5.53. The van der Waals surface area contributed by atoms with Crippen molar-refractivity contribution in [1.82, 2.24) is 10.2 Å². The van der Waals surface area contributed by atoms with E-state index in [1.54, 1.807) is 0 Å². The molecule has 1 aromatic carbocycles. The second kappa shape index (κ2) is 9.92. The first-order valence-corrected chi connectivity index (χ1v) is 7.71. The number of nitrogens with one attached hydrogen (secondary N) is 1. The first kappa shape index (κ1) is 17.2. The third-order valence-electron chi connectivity index (χ3n) is 3.30. The van der Waals surface area contributed by atoms with Crippen LogP contribution in [0.2, 0.25) is 0 Å². The van der Waals surface area contributed by atoms with Crippen molar-refractivity contribution in [3.8, 4) is 0 Å². The third kappa shape index (κ3) is 7.04.